The Labute approximate surface area is 166 Å². The lowest BCUT2D eigenvalue weighted by molar-refractivity contribution is 0.236. The van der Waals surface area contributed by atoms with Crippen molar-refractivity contribution < 1.29 is 5.11 Å². The van der Waals surface area contributed by atoms with Gasteiger partial charge in [0.15, 0.2) is 0 Å². The topological polar surface area (TPSA) is 80.9 Å². The van der Waals surface area contributed by atoms with E-state index in [1.165, 1.54) is 10.9 Å². The molecule has 1 unspecified atom stereocenters. The third-order valence-electron chi connectivity index (χ3n) is 4.64. The van der Waals surface area contributed by atoms with Crippen molar-refractivity contribution in [2.24, 2.45) is 0 Å². The molecule has 0 aliphatic rings. The molecule has 0 bridgehead atoms. The van der Waals surface area contributed by atoms with Crippen LogP contribution < -0.4 is 5.56 Å². The fourth-order valence-corrected chi connectivity index (χ4v) is 3.27. The van der Waals surface area contributed by atoms with E-state index in [2.05, 4.69) is 15.0 Å². The number of benzene rings is 1. The molecule has 1 aromatic carbocycles. The highest BCUT2D eigenvalue weighted by atomic mass is 35.5. The van der Waals surface area contributed by atoms with Crippen LogP contribution in [0.3, 0.4) is 0 Å². The van der Waals surface area contributed by atoms with Crippen LogP contribution in [0.5, 0.6) is 0 Å². The fourth-order valence-electron chi connectivity index (χ4n) is 3.14. The number of fused-ring (bicyclic) bond motifs is 1. The second-order valence-electron chi connectivity index (χ2n) is 6.48. The molecule has 0 aliphatic carbocycles. The van der Waals surface area contributed by atoms with Gasteiger partial charge in [0.1, 0.15) is 0 Å². The Kier molecular flexibility index (Phi) is 4.90. The van der Waals surface area contributed by atoms with Crippen LogP contribution in [0.4, 0.5) is 0 Å². The lowest BCUT2D eigenvalue weighted by Crippen LogP contribution is -2.26. The molecule has 6 nitrogen and oxygen atoms in total. The number of hydrogen-bond donors (Lipinski definition) is 1. The molecule has 1 atom stereocenters. The van der Waals surface area contributed by atoms with Crippen molar-refractivity contribution in [2.45, 2.75) is 13.0 Å². The zero-order valence-corrected chi connectivity index (χ0v) is 15.8. The van der Waals surface area contributed by atoms with Crippen LogP contribution in [-0.2, 0) is 0 Å². The van der Waals surface area contributed by atoms with Gasteiger partial charge in [0.2, 0.25) is 0 Å². The first kappa shape index (κ1) is 18.3. The van der Waals surface area contributed by atoms with E-state index in [9.17, 15) is 9.90 Å². The molecule has 0 radical (unpaired) electrons. The first-order chi connectivity index (χ1) is 13.6. The molecule has 0 aliphatic heterocycles. The van der Waals surface area contributed by atoms with Gasteiger partial charge in [-0.05, 0) is 36.8 Å². The summed E-state index contributed by atoms with van der Waals surface area (Å²) >= 11 is 6.06. The average molecular weight is 393 g/mol. The second kappa shape index (κ2) is 7.50. The molecule has 0 fully saturated rings. The SMILES string of the molecule is CC(CO)n1cnc2cnc(-c3cccnc3)c(-c3ccc(Cl)cc3)c2c1=O. The van der Waals surface area contributed by atoms with E-state index in [0.29, 0.717) is 27.2 Å². The molecule has 140 valence electrons. The number of aliphatic hydroxyl groups excluding tert-OH is 1. The summed E-state index contributed by atoms with van der Waals surface area (Å²) in [5, 5.41) is 10.6. The van der Waals surface area contributed by atoms with Crippen LogP contribution in [0.25, 0.3) is 33.3 Å². The van der Waals surface area contributed by atoms with E-state index >= 15 is 0 Å². The summed E-state index contributed by atoms with van der Waals surface area (Å²) in [6.07, 6.45) is 6.43. The van der Waals surface area contributed by atoms with Gasteiger partial charge in [-0.15, -0.1) is 0 Å². The highest BCUT2D eigenvalue weighted by Crippen LogP contribution is 2.34. The Balaban J connectivity index is 2.13. The highest BCUT2D eigenvalue weighted by Gasteiger charge is 2.19. The molecule has 3 aromatic heterocycles. The van der Waals surface area contributed by atoms with Crippen LogP contribution in [0.15, 0.2) is 66.1 Å². The van der Waals surface area contributed by atoms with E-state index in [-0.39, 0.29) is 12.2 Å². The summed E-state index contributed by atoms with van der Waals surface area (Å²) in [4.78, 5) is 26.5. The number of hydrogen-bond acceptors (Lipinski definition) is 5. The highest BCUT2D eigenvalue weighted by molar-refractivity contribution is 6.30. The van der Waals surface area contributed by atoms with Crippen molar-refractivity contribution in [2.75, 3.05) is 6.61 Å². The van der Waals surface area contributed by atoms with E-state index in [1.54, 1.807) is 37.6 Å². The van der Waals surface area contributed by atoms with Gasteiger partial charge in [-0.3, -0.25) is 19.3 Å². The molecule has 0 amide bonds. The first-order valence-corrected chi connectivity index (χ1v) is 9.15. The molecule has 0 saturated heterocycles. The number of halogens is 1. The zero-order valence-electron chi connectivity index (χ0n) is 15.1. The quantitative estimate of drug-likeness (QED) is 0.572. The molecule has 0 spiro atoms. The smallest absolute Gasteiger partial charge is 0.262 e. The number of aliphatic hydroxyl groups is 1. The maximum Gasteiger partial charge on any atom is 0.262 e. The van der Waals surface area contributed by atoms with Crippen molar-refractivity contribution in [1.29, 1.82) is 0 Å². The monoisotopic (exact) mass is 392 g/mol. The predicted octanol–water partition coefficient (Wildman–Crippen LogP) is 3.73. The summed E-state index contributed by atoms with van der Waals surface area (Å²) in [5.41, 5.74) is 3.15. The Morgan fingerprint density at radius 1 is 1.11 bits per heavy atom. The van der Waals surface area contributed by atoms with Gasteiger partial charge in [-0.2, -0.15) is 0 Å². The molecule has 4 rings (SSSR count). The van der Waals surface area contributed by atoms with Gasteiger partial charge in [0.25, 0.3) is 5.56 Å². The van der Waals surface area contributed by atoms with Crippen molar-refractivity contribution in [3.05, 3.63) is 76.7 Å². The lowest BCUT2D eigenvalue weighted by Gasteiger charge is -2.16. The van der Waals surface area contributed by atoms with Crippen LogP contribution in [0.2, 0.25) is 5.02 Å². The third-order valence-corrected chi connectivity index (χ3v) is 4.89. The number of rotatable bonds is 4. The van der Waals surface area contributed by atoms with Gasteiger partial charge in [0.05, 0.1) is 41.8 Å². The maximum atomic E-state index is 13.3. The third kappa shape index (κ3) is 3.17. The predicted molar refractivity (Wildman–Crippen MR) is 109 cm³/mol. The Morgan fingerprint density at radius 3 is 2.57 bits per heavy atom. The largest absolute Gasteiger partial charge is 0.394 e. The van der Waals surface area contributed by atoms with Gasteiger partial charge in [0, 0.05) is 28.5 Å². The minimum Gasteiger partial charge on any atom is -0.394 e. The molecule has 3 heterocycles. The van der Waals surface area contributed by atoms with Crippen LogP contribution in [-0.4, -0.2) is 31.2 Å². The number of pyridine rings is 2. The van der Waals surface area contributed by atoms with E-state index in [4.69, 9.17) is 11.6 Å². The summed E-state index contributed by atoms with van der Waals surface area (Å²) in [6, 6.07) is 10.6. The summed E-state index contributed by atoms with van der Waals surface area (Å²) in [6.45, 7) is 1.60. The summed E-state index contributed by atoms with van der Waals surface area (Å²) < 4.78 is 1.44. The van der Waals surface area contributed by atoms with E-state index in [0.717, 1.165) is 11.1 Å². The lowest BCUT2D eigenvalue weighted by atomic mass is 9.96. The summed E-state index contributed by atoms with van der Waals surface area (Å²) in [7, 11) is 0. The van der Waals surface area contributed by atoms with Crippen molar-refractivity contribution in [3.8, 4) is 22.4 Å². The number of aromatic nitrogens is 4. The van der Waals surface area contributed by atoms with Crippen molar-refractivity contribution in [3.63, 3.8) is 0 Å². The Hall–Kier alpha value is -3.09. The van der Waals surface area contributed by atoms with E-state index in [1.807, 2.05) is 24.3 Å². The minimum absolute atomic E-state index is 0.163. The van der Waals surface area contributed by atoms with Gasteiger partial charge >= 0.3 is 0 Å². The molecule has 0 saturated carbocycles. The zero-order chi connectivity index (χ0) is 19.7. The fraction of sp³-hybridized carbons (Fsp3) is 0.143. The van der Waals surface area contributed by atoms with Crippen LogP contribution in [0.1, 0.15) is 13.0 Å². The van der Waals surface area contributed by atoms with Gasteiger partial charge in [-0.1, -0.05) is 23.7 Å². The summed E-state index contributed by atoms with van der Waals surface area (Å²) in [5.74, 6) is 0. The van der Waals surface area contributed by atoms with Crippen LogP contribution in [0, 0.1) is 0 Å². The second-order valence-corrected chi connectivity index (χ2v) is 6.92. The molecule has 1 N–H and O–H groups in total. The van der Waals surface area contributed by atoms with Crippen molar-refractivity contribution >= 4 is 22.5 Å². The normalized spacial score (nSPS) is 12.2. The molecule has 4 aromatic rings. The van der Waals surface area contributed by atoms with E-state index < -0.39 is 6.04 Å². The number of nitrogens with zero attached hydrogens (tertiary/aromatic N) is 4. The van der Waals surface area contributed by atoms with Gasteiger partial charge in [-0.25, -0.2) is 4.98 Å². The van der Waals surface area contributed by atoms with Crippen LogP contribution >= 0.6 is 11.6 Å². The Bertz CT molecular complexity index is 1190. The minimum atomic E-state index is -0.391. The van der Waals surface area contributed by atoms with Gasteiger partial charge < -0.3 is 5.11 Å². The average Bonchev–Trinajstić information content (AvgIpc) is 2.74. The standard InChI is InChI=1S/C21H17ClN4O2/c1-13(11-27)26-12-25-17-10-24-20(15-3-2-8-23-9-15)18(19(17)21(26)28)14-4-6-16(22)7-5-14/h2-10,12-13,27H,11H2,1H3. The molecule has 7 heteroatoms. The Morgan fingerprint density at radius 2 is 1.89 bits per heavy atom. The molecular weight excluding hydrogens is 376 g/mol. The molecular formula is C21H17ClN4O2. The van der Waals surface area contributed by atoms with Crippen molar-refractivity contribution in [1.82, 2.24) is 19.5 Å². The molecule has 28 heavy (non-hydrogen) atoms. The maximum absolute atomic E-state index is 13.3. The first-order valence-electron chi connectivity index (χ1n) is 8.77.